The number of carbonyl (C=O) groups is 1. The monoisotopic (exact) mass is 394 g/mol. The Kier molecular flexibility index (Phi) is 5.97. The molecule has 0 radical (unpaired) electrons. The molecule has 3 aromatic heterocycles. The van der Waals surface area contributed by atoms with Crippen LogP contribution in [0.5, 0.6) is 0 Å². The Morgan fingerprint density at radius 3 is 2.41 bits per heavy atom. The number of anilines is 1. The molecule has 1 aromatic carbocycles. The van der Waals surface area contributed by atoms with Gasteiger partial charge >= 0.3 is 0 Å². The number of hydrogen-bond donors (Lipinski definition) is 1. The lowest BCUT2D eigenvalue weighted by atomic mass is 10.0. The molecule has 1 amide bonds. The number of nitrogens with zero attached hydrogens (tertiary/aromatic N) is 3. The molecule has 0 aliphatic rings. The number of rotatable bonds is 3. The van der Waals surface area contributed by atoms with Gasteiger partial charge < -0.3 is 5.32 Å². The van der Waals surface area contributed by atoms with Crippen LogP contribution in [0, 0.1) is 18.6 Å². The van der Waals surface area contributed by atoms with Crippen molar-refractivity contribution >= 4 is 17.2 Å². The molecule has 3 heterocycles. The Labute approximate surface area is 167 Å². The van der Waals surface area contributed by atoms with Gasteiger partial charge in [-0.15, -0.1) is 0 Å². The van der Waals surface area contributed by atoms with Crippen molar-refractivity contribution in [2.75, 3.05) is 5.32 Å². The second kappa shape index (κ2) is 8.60. The number of pyridine rings is 2. The summed E-state index contributed by atoms with van der Waals surface area (Å²) in [5.41, 5.74) is 3.16. The average Bonchev–Trinajstić information content (AvgIpc) is 3.19. The number of hydrogen-bond acceptors (Lipinski definition) is 3. The molecule has 0 atom stereocenters. The van der Waals surface area contributed by atoms with Gasteiger partial charge in [-0.3, -0.25) is 4.79 Å². The molecular weight excluding hydrogens is 374 g/mol. The average molecular weight is 394 g/mol. The minimum absolute atomic E-state index is 0.199. The molecule has 0 saturated carbocycles. The van der Waals surface area contributed by atoms with Gasteiger partial charge in [0.25, 0.3) is 5.91 Å². The molecule has 29 heavy (non-hydrogen) atoms. The molecule has 0 bridgehead atoms. The molecule has 0 spiro atoms. The highest BCUT2D eigenvalue weighted by atomic mass is 19.1. The van der Waals surface area contributed by atoms with E-state index in [1.54, 1.807) is 29.0 Å². The first-order valence-corrected chi connectivity index (χ1v) is 9.19. The molecule has 0 aliphatic heterocycles. The fraction of sp³-hybridized carbons (Fsp3) is 0.136. The summed E-state index contributed by atoms with van der Waals surface area (Å²) in [6, 6.07) is 10.5. The Morgan fingerprint density at radius 2 is 1.76 bits per heavy atom. The van der Waals surface area contributed by atoms with E-state index in [2.05, 4.69) is 15.4 Å². The number of amides is 1. The van der Waals surface area contributed by atoms with Gasteiger partial charge in [-0.25, -0.2) is 18.3 Å². The zero-order valence-corrected chi connectivity index (χ0v) is 16.3. The standard InChI is InChI=1S/C20H14F2N4O.C2H6/c1-12-8-10-26-16(7-9-24-26)18(12)13-5-6-17(23-11-13)25-20(27)19-14(21)3-2-4-15(19)22;1-2/h2-11H,1H3,(H,23,25,27);1-2H3. The summed E-state index contributed by atoms with van der Waals surface area (Å²) in [6.07, 6.45) is 5.19. The van der Waals surface area contributed by atoms with Gasteiger partial charge in [-0.2, -0.15) is 5.10 Å². The summed E-state index contributed by atoms with van der Waals surface area (Å²) >= 11 is 0. The van der Waals surface area contributed by atoms with Gasteiger partial charge in [-0.05, 0) is 48.9 Å². The maximum atomic E-state index is 13.7. The Balaban J connectivity index is 0.00000117. The van der Waals surface area contributed by atoms with Crippen molar-refractivity contribution in [2.45, 2.75) is 20.8 Å². The van der Waals surface area contributed by atoms with Gasteiger partial charge in [0.05, 0.1) is 5.52 Å². The van der Waals surface area contributed by atoms with Crippen molar-refractivity contribution < 1.29 is 13.6 Å². The van der Waals surface area contributed by atoms with Gasteiger partial charge in [0.2, 0.25) is 0 Å². The Morgan fingerprint density at radius 1 is 1.03 bits per heavy atom. The SMILES string of the molecule is CC.Cc1ccn2nccc2c1-c1ccc(NC(=O)c2c(F)cccc2F)nc1. The Hall–Kier alpha value is -3.61. The maximum Gasteiger partial charge on any atom is 0.262 e. The number of fused-ring (bicyclic) bond motifs is 1. The second-order valence-corrected chi connectivity index (χ2v) is 6.02. The fourth-order valence-electron chi connectivity index (χ4n) is 2.98. The summed E-state index contributed by atoms with van der Waals surface area (Å²) in [5, 5.41) is 6.64. The largest absolute Gasteiger partial charge is 0.306 e. The van der Waals surface area contributed by atoms with E-state index in [1.807, 2.05) is 39.1 Å². The first-order chi connectivity index (χ1) is 14.0. The van der Waals surface area contributed by atoms with Crippen LogP contribution in [0.4, 0.5) is 14.6 Å². The van der Waals surface area contributed by atoms with Crippen molar-refractivity contribution in [3.8, 4) is 11.1 Å². The molecule has 0 saturated heterocycles. The minimum atomic E-state index is -0.924. The van der Waals surface area contributed by atoms with Crippen LogP contribution in [0.15, 0.2) is 61.1 Å². The number of aryl methyl sites for hydroxylation is 1. The normalized spacial score (nSPS) is 10.4. The van der Waals surface area contributed by atoms with E-state index < -0.39 is 23.1 Å². The third kappa shape index (κ3) is 3.99. The molecule has 5 nitrogen and oxygen atoms in total. The van der Waals surface area contributed by atoms with Gasteiger partial charge in [0, 0.05) is 29.7 Å². The zero-order valence-electron chi connectivity index (χ0n) is 16.3. The first-order valence-electron chi connectivity index (χ1n) is 9.19. The molecule has 0 aliphatic carbocycles. The molecule has 1 N–H and O–H groups in total. The lowest BCUT2D eigenvalue weighted by molar-refractivity contribution is 0.101. The van der Waals surface area contributed by atoms with E-state index in [1.165, 1.54) is 6.07 Å². The third-order valence-electron chi connectivity index (χ3n) is 4.27. The second-order valence-electron chi connectivity index (χ2n) is 6.02. The highest BCUT2D eigenvalue weighted by Crippen LogP contribution is 2.28. The van der Waals surface area contributed by atoms with Crippen molar-refractivity contribution in [3.63, 3.8) is 0 Å². The van der Waals surface area contributed by atoms with Crippen LogP contribution in [0.3, 0.4) is 0 Å². The van der Waals surface area contributed by atoms with Crippen molar-refractivity contribution in [1.29, 1.82) is 0 Å². The molecule has 0 unspecified atom stereocenters. The lowest BCUT2D eigenvalue weighted by Crippen LogP contribution is -2.16. The fourth-order valence-corrected chi connectivity index (χ4v) is 2.98. The molecule has 4 aromatic rings. The topological polar surface area (TPSA) is 59.3 Å². The number of carbonyl (C=O) groups excluding carboxylic acids is 1. The van der Waals surface area contributed by atoms with E-state index in [9.17, 15) is 13.6 Å². The first kappa shape index (κ1) is 20.1. The van der Waals surface area contributed by atoms with E-state index in [4.69, 9.17) is 0 Å². The zero-order chi connectivity index (χ0) is 21.0. The molecule has 4 rings (SSSR count). The van der Waals surface area contributed by atoms with Crippen LogP contribution < -0.4 is 5.32 Å². The third-order valence-corrected chi connectivity index (χ3v) is 4.27. The highest BCUT2D eigenvalue weighted by molar-refractivity contribution is 6.04. The molecular formula is C22H20F2N4O. The van der Waals surface area contributed by atoms with E-state index in [0.717, 1.165) is 34.3 Å². The summed E-state index contributed by atoms with van der Waals surface area (Å²) in [4.78, 5) is 16.4. The molecule has 0 fully saturated rings. The van der Waals surface area contributed by atoms with E-state index in [-0.39, 0.29) is 5.82 Å². The van der Waals surface area contributed by atoms with Crippen LogP contribution in [0.25, 0.3) is 16.6 Å². The minimum Gasteiger partial charge on any atom is -0.306 e. The highest BCUT2D eigenvalue weighted by Gasteiger charge is 2.17. The van der Waals surface area contributed by atoms with Crippen molar-refractivity contribution in [3.05, 3.63) is 83.8 Å². The smallest absolute Gasteiger partial charge is 0.262 e. The maximum absolute atomic E-state index is 13.7. The number of benzene rings is 1. The summed E-state index contributed by atoms with van der Waals surface area (Å²) in [5.74, 6) is -2.54. The lowest BCUT2D eigenvalue weighted by Gasteiger charge is -2.10. The number of halogens is 2. The van der Waals surface area contributed by atoms with Gasteiger partial charge in [-0.1, -0.05) is 19.9 Å². The predicted molar refractivity (Wildman–Crippen MR) is 109 cm³/mol. The van der Waals surface area contributed by atoms with Crippen LogP contribution in [-0.4, -0.2) is 20.5 Å². The van der Waals surface area contributed by atoms with E-state index in [0.29, 0.717) is 0 Å². The van der Waals surface area contributed by atoms with Crippen molar-refractivity contribution in [2.24, 2.45) is 0 Å². The molecule has 7 heteroatoms. The quantitative estimate of drug-likeness (QED) is 0.516. The number of nitrogens with one attached hydrogen (secondary N) is 1. The van der Waals surface area contributed by atoms with Crippen LogP contribution >= 0.6 is 0 Å². The summed E-state index contributed by atoms with van der Waals surface area (Å²) in [7, 11) is 0. The predicted octanol–water partition coefficient (Wildman–Crippen LogP) is 5.26. The summed E-state index contributed by atoms with van der Waals surface area (Å²) < 4.78 is 29.2. The van der Waals surface area contributed by atoms with Crippen LogP contribution in [-0.2, 0) is 0 Å². The Bertz CT molecular complexity index is 1130. The summed E-state index contributed by atoms with van der Waals surface area (Å²) in [6.45, 7) is 5.99. The van der Waals surface area contributed by atoms with Crippen molar-refractivity contribution in [1.82, 2.24) is 14.6 Å². The van der Waals surface area contributed by atoms with Gasteiger partial charge in [0.1, 0.15) is 23.0 Å². The van der Waals surface area contributed by atoms with Crippen LogP contribution in [0.2, 0.25) is 0 Å². The van der Waals surface area contributed by atoms with Gasteiger partial charge in [0.15, 0.2) is 0 Å². The number of aromatic nitrogens is 3. The molecule has 148 valence electrons. The van der Waals surface area contributed by atoms with E-state index >= 15 is 0 Å². The van der Waals surface area contributed by atoms with Crippen LogP contribution in [0.1, 0.15) is 29.8 Å².